The van der Waals surface area contributed by atoms with Crippen LogP contribution in [-0.2, 0) is 4.79 Å². The number of hydrogen-bond acceptors (Lipinski definition) is 6. The maximum Gasteiger partial charge on any atom is 0.137 e. The molecule has 0 aromatic rings. The van der Waals surface area contributed by atoms with Gasteiger partial charge in [0.15, 0.2) is 0 Å². The second-order valence-corrected chi connectivity index (χ2v) is 5.37. The van der Waals surface area contributed by atoms with Crippen LogP contribution in [0.3, 0.4) is 0 Å². The van der Waals surface area contributed by atoms with Gasteiger partial charge in [0.25, 0.3) is 0 Å². The molecule has 1 heterocycles. The number of nitrogens with zero attached hydrogens (tertiary/aromatic N) is 3. The summed E-state index contributed by atoms with van der Waals surface area (Å²) in [5, 5.41) is 0. The fourth-order valence-electron chi connectivity index (χ4n) is 2.02. The first-order valence-electron chi connectivity index (χ1n) is 6.14. The second kappa shape index (κ2) is 8.29. The lowest BCUT2D eigenvalue weighted by molar-refractivity contribution is -0.105. The van der Waals surface area contributed by atoms with E-state index in [0.29, 0.717) is 12.3 Å². The van der Waals surface area contributed by atoms with Crippen molar-refractivity contribution >= 4 is 24.8 Å². The zero-order valence-corrected chi connectivity index (χ0v) is 11.8. The van der Waals surface area contributed by atoms with Crippen LogP contribution < -0.4 is 5.73 Å². The third-order valence-electron chi connectivity index (χ3n) is 2.95. The molecule has 0 aromatic heterocycles. The van der Waals surface area contributed by atoms with E-state index in [-0.39, 0.29) is 0 Å². The summed E-state index contributed by atoms with van der Waals surface area (Å²) in [6.07, 6.45) is 0.911. The predicted molar refractivity (Wildman–Crippen MR) is 77.8 cm³/mol. The van der Waals surface area contributed by atoms with Crippen molar-refractivity contribution in [2.45, 2.75) is 6.92 Å². The zero-order valence-electron chi connectivity index (χ0n) is 11.0. The quantitative estimate of drug-likeness (QED) is 0.535. The highest BCUT2D eigenvalue weighted by molar-refractivity contribution is 8.03. The molecular weight excluding hydrogens is 248 g/mol. The number of piperazine rings is 1. The Balaban J connectivity index is 2.57. The average Bonchev–Trinajstić information content (AvgIpc) is 2.39. The van der Waals surface area contributed by atoms with Crippen LogP contribution >= 0.6 is 11.8 Å². The van der Waals surface area contributed by atoms with Gasteiger partial charge in [-0.1, -0.05) is 0 Å². The molecule has 0 unspecified atom stereocenters. The first-order valence-corrected chi connectivity index (χ1v) is 7.13. The number of rotatable bonds is 7. The van der Waals surface area contributed by atoms with Crippen molar-refractivity contribution in [3.05, 3.63) is 10.7 Å². The first-order chi connectivity index (χ1) is 8.72. The monoisotopic (exact) mass is 270 g/mol. The van der Waals surface area contributed by atoms with Crippen molar-refractivity contribution in [2.24, 2.45) is 10.7 Å². The largest absolute Gasteiger partial charge is 0.353 e. The van der Waals surface area contributed by atoms with Gasteiger partial charge in [0, 0.05) is 44.2 Å². The fourth-order valence-corrected chi connectivity index (χ4v) is 2.66. The second-order valence-electron chi connectivity index (χ2n) is 4.13. The zero-order chi connectivity index (χ0) is 13.4. The summed E-state index contributed by atoms with van der Waals surface area (Å²) in [4.78, 5) is 20.1. The van der Waals surface area contributed by atoms with Crippen molar-refractivity contribution in [1.29, 1.82) is 0 Å². The standard InChI is InChI=1S/C12H22N4OS/c1-11(18-10-9-17)12(14-2)16-7-5-15(4-3-13)6-8-16/h9H,2-8,10,13H2,1H3. The van der Waals surface area contributed by atoms with E-state index in [0.717, 1.165) is 49.7 Å². The molecule has 2 N–H and O–H groups in total. The van der Waals surface area contributed by atoms with Gasteiger partial charge in [-0.25, -0.2) is 4.99 Å². The minimum atomic E-state index is 0.470. The van der Waals surface area contributed by atoms with E-state index < -0.39 is 0 Å². The van der Waals surface area contributed by atoms with Gasteiger partial charge >= 0.3 is 0 Å². The Morgan fingerprint density at radius 1 is 1.44 bits per heavy atom. The third kappa shape index (κ3) is 4.44. The normalized spacial score (nSPS) is 18.4. The van der Waals surface area contributed by atoms with E-state index in [4.69, 9.17) is 5.73 Å². The van der Waals surface area contributed by atoms with Crippen molar-refractivity contribution in [3.63, 3.8) is 0 Å². The minimum Gasteiger partial charge on any atom is -0.353 e. The average molecular weight is 270 g/mol. The molecule has 0 atom stereocenters. The molecule has 5 nitrogen and oxygen atoms in total. The highest BCUT2D eigenvalue weighted by atomic mass is 32.2. The number of aliphatic imine (C=N–C) groups is 1. The van der Waals surface area contributed by atoms with Crippen LogP contribution in [0.2, 0.25) is 0 Å². The van der Waals surface area contributed by atoms with Gasteiger partial charge < -0.3 is 15.4 Å². The molecule has 0 amide bonds. The van der Waals surface area contributed by atoms with Crippen LogP contribution in [0.25, 0.3) is 0 Å². The lowest BCUT2D eigenvalue weighted by Gasteiger charge is -2.36. The Kier molecular flexibility index (Phi) is 7.00. The smallest absolute Gasteiger partial charge is 0.137 e. The van der Waals surface area contributed by atoms with Crippen LogP contribution in [0.5, 0.6) is 0 Å². The number of aldehydes is 1. The van der Waals surface area contributed by atoms with Crippen molar-refractivity contribution in [2.75, 3.05) is 45.0 Å². The molecule has 1 fully saturated rings. The molecule has 0 spiro atoms. The Morgan fingerprint density at radius 3 is 2.61 bits per heavy atom. The van der Waals surface area contributed by atoms with E-state index in [2.05, 4.69) is 21.5 Å². The maximum atomic E-state index is 10.4. The summed E-state index contributed by atoms with van der Waals surface area (Å²) in [6, 6.07) is 0. The molecule has 6 heteroatoms. The number of hydrogen-bond donors (Lipinski definition) is 1. The fraction of sp³-hybridized carbons (Fsp3) is 0.667. The minimum absolute atomic E-state index is 0.470. The summed E-state index contributed by atoms with van der Waals surface area (Å²) < 4.78 is 0. The van der Waals surface area contributed by atoms with E-state index in [1.165, 1.54) is 11.8 Å². The summed E-state index contributed by atoms with van der Waals surface area (Å²) in [5.41, 5.74) is 5.55. The Morgan fingerprint density at radius 2 is 2.11 bits per heavy atom. The van der Waals surface area contributed by atoms with Gasteiger partial charge in [-0.05, 0) is 13.6 Å². The molecule has 0 aromatic carbocycles. The first kappa shape index (κ1) is 15.2. The molecule has 1 rings (SSSR count). The lowest BCUT2D eigenvalue weighted by Crippen LogP contribution is -2.47. The molecule has 0 aliphatic carbocycles. The SMILES string of the molecule is C=NC(=C(C)SCC=O)N1CCN(CCN)CC1. The van der Waals surface area contributed by atoms with E-state index in [1.54, 1.807) is 0 Å². The molecule has 18 heavy (non-hydrogen) atoms. The van der Waals surface area contributed by atoms with Gasteiger partial charge in [-0.3, -0.25) is 4.90 Å². The summed E-state index contributed by atoms with van der Waals surface area (Å²) in [6.45, 7) is 11.2. The Bertz CT molecular complexity index is 311. The van der Waals surface area contributed by atoms with Crippen LogP contribution in [0.4, 0.5) is 0 Å². The maximum absolute atomic E-state index is 10.4. The molecule has 1 aliphatic rings. The third-order valence-corrected chi connectivity index (χ3v) is 3.87. The molecule has 102 valence electrons. The van der Waals surface area contributed by atoms with Crippen LogP contribution in [0, 0.1) is 0 Å². The number of carbonyl (C=O) groups excluding carboxylic acids is 1. The Hall–Kier alpha value is -0.850. The topological polar surface area (TPSA) is 61.9 Å². The van der Waals surface area contributed by atoms with E-state index in [9.17, 15) is 4.79 Å². The number of carbonyl (C=O) groups is 1. The van der Waals surface area contributed by atoms with Gasteiger partial charge in [0.2, 0.25) is 0 Å². The van der Waals surface area contributed by atoms with E-state index in [1.807, 2.05) is 6.92 Å². The summed E-state index contributed by atoms with van der Waals surface area (Å²) in [5.74, 6) is 1.38. The number of thioether (sulfide) groups is 1. The van der Waals surface area contributed by atoms with Crippen molar-refractivity contribution in [3.8, 4) is 0 Å². The summed E-state index contributed by atoms with van der Waals surface area (Å²) >= 11 is 1.52. The molecular formula is C12H22N4OS. The van der Waals surface area contributed by atoms with Gasteiger partial charge in [0.1, 0.15) is 12.1 Å². The van der Waals surface area contributed by atoms with Crippen molar-refractivity contribution < 1.29 is 4.79 Å². The number of nitrogens with two attached hydrogens (primary N) is 1. The molecule has 0 saturated carbocycles. The van der Waals surface area contributed by atoms with Crippen LogP contribution in [0.15, 0.2) is 15.7 Å². The van der Waals surface area contributed by atoms with Gasteiger partial charge in [0.05, 0.1) is 5.75 Å². The van der Waals surface area contributed by atoms with Crippen LogP contribution in [-0.4, -0.2) is 67.8 Å². The molecule has 0 radical (unpaired) electrons. The highest BCUT2D eigenvalue weighted by Gasteiger charge is 2.19. The van der Waals surface area contributed by atoms with Gasteiger partial charge in [-0.2, -0.15) is 0 Å². The van der Waals surface area contributed by atoms with Crippen LogP contribution in [0.1, 0.15) is 6.92 Å². The van der Waals surface area contributed by atoms with Gasteiger partial charge in [-0.15, -0.1) is 11.8 Å². The van der Waals surface area contributed by atoms with Crippen molar-refractivity contribution in [1.82, 2.24) is 9.80 Å². The predicted octanol–water partition coefficient (Wildman–Crippen LogP) is 0.384. The Labute approximate surface area is 113 Å². The lowest BCUT2D eigenvalue weighted by atomic mass is 10.3. The van der Waals surface area contributed by atoms with E-state index >= 15 is 0 Å². The number of allylic oxidation sites excluding steroid dienone is 1. The highest BCUT2D eigenvalue weighted by Crippen LogP contribution is 2.22. The molecule has 1 saturated heterocycles. The molecule has 0 bridgehead atoms. The summed E-state index contributed by atoms with van der Waals surface area (Å²) in [7, 11) is 0. The molecule has 1 aliphatic heterocycles.